The average molecular weight is 407 g/mol. The molecule has 0 aromatic heterocycles. The molecule has 0 aliphatic carbocycles. The highest BCUT2D eigenvalue weighted by Crippen LogP contribution is 2.22. The van der Waals surface area contributed by atoms with Gasteiger partial charge in [-0.05, 0) is 38.3 Å². The van der Waals surface area contributed by atoms with Gasteiger partial charge in [0.1, 0.15) is 0 Å². The van der Waals surface area contributed by atoms with Gasteiger partial charge in [-0.3, -0.25) is 19.5 Å². The molecule has 0 bridgehead atoms. The third-order valence-electron chi connectivity index (χ3n) is 4.86. The summed E-state index contributed by atoms with van der Waals surface area (Å²) in [7, 11) is -2.94. The van der Waals surface area contributed by atoms with E-state index in [1.165, 1.54) is 4.90 Å². The molecule has 2 aliphatic heterocycles. The second-order valence-electron chi connectivity index (χ2n) is 7.02. The number of amides is 2. The Labute approximate surface area is 165 Å². The zero-order valence-electron chi connectivity index (χ0n) is 16.0. The number of carbonyl (C=O) groups is 2. The van der Waals surface area contributed by atoms with E-state index in [4.69, 9.17) is 0 Å². The van der Waals surface area contributed by atoms with E-state index >= 15 is 0 Å². The van der Waals surface area contributed by atoms with Crippen molar-refractivity contribution in [3.63, 3.8) is 0 Å². The fourth-order valence-electron chi connectivity index (χ4n) is 3.44. The molecule has 1 atom stereocenters. The minimum Gasteiger partial charge on any atom is -0.357 e. The maximum absolute atomic E-state index is 12.3. The van der Waals surface area contributed by atoms with Crippen LogP contribution >= 0.6 is 0 Å². The minimum atomic E-state index is -2.94. The molecule has 9 heteroatoms. The van der Waals surface area contributed by atoms with Crippen LogP contribution in [0.15, 0.2) is 29.3 Å². The summed E-state index contributed by atoms with van der Waals surface area (Å²) in [5.41, 5.74) is 0.936. The van der Waals surface area contributed by atoms with Crippen molar-refractivity contribution >= 4 is 27.6 Å². The molecule has 28 heavy (non-hydrogen) atoms. The quantitative estimate of drug-likeness (QED) is 0.300. The zero-order chi connectivity index (χ0) is 20.1. The molecule has 2 amide bonds. The molecule has 8 nitrogen and oxygen atoms in total. The number of nitrogens with zero attached hydrogens (tertiary/aromatic N) is 2. The van der Waals surface area contributed by atoms with E-state index in [9.17, 15) is 18.0 Å². The van der Waals surface area contributed by atoms with Gasteiger partial charge in [-0.15, -0.1) is 0 Å². The number of hydrogen-bond donors (Lipinski definition) is 2. The lowest BCUT2D eigenvalue weighted by Crippen LogP contribution is -2.44. The second kappa shape index (κ2) is 8.72. The highest BCUT2D eigenvalue weighted by atomic mass is 32.2. The van der Waals surface area contributed by atoms with Crippen molar-refractivity contribution < 1.29 is 18.0 Å². The molecule has 0 spiro atoms. The van der Waals surface area contributed by atoms with Crippen LogP contribution in [0.3, 0.4) is 0 Å². The Morgan fingerprint density at radius 3 is 2.43 bits per heavy atom. The van der Waals surface area contributed by atoms with Crippen LogP contribution in [0, 0.1) is 0 Å². The van der Waals surface area contributed by atoms with Crippen LogP contribution in [0.2, 0.25) is 0 Å². The third-order valence-corrected chi connectivity index (χ3v) is 6.62. The van der Waals surface area contributed by atoms with Crippen LogP contribution < -0.4 is 10.6 Å². The van der Waals surface area contributed by atoms with Gasteiger partial charge in [-0.2, -0.15) is 0 Å². The summed E-state index contributed by atoms with van der Waals surface area (Å²) in [5, 5.41) is 6.29. The number of sulfone groups is 1. The van der Waals surface area contributed by atoms with Crippen molar-refractivity contribution in [2.75, 3.05) is 31.1 Å². The predicted octanol–water partition coefficient (Wildman–Crippen LogP) is 0.805. The molecule has 2 N–H and O–H groups in total. The van der Waals surface area contributed by atoms with E-state index in [0.717, 1.165) is 0 Å². The van der Waals surface area contributed by atoms with E-state index in [0.29, 0.717) is 56.0 Å². The first kappa shape index (κ1) is 20.3. The Kier molecular flexibility index (Phi) is 6.33. The van der Waals surface area contributed by atoms with Gasteiger partial charge in [0, 0.05) is 25.7 Å². The molecule has 1 fully saturated rings. The number of benzene rings is 1. The summed E-state index contributed by atoms with van der Waals surface area (Å²) >= 11 is 0. The monoisotopic (exact) mass is 406 g/mol. The van der Waals surface area contributed by atoms with Gasteiger partial charge in [0.05, 0.1) is 22.6 Å². The van der Waals surface area contributed by atoms with Crippen molar-refractivity contribution in [1.82, 2.24) is 15.5 Å². The fourth-order valence-corrected chi connectivity index (χ4v) is 5.11. The molecule has 1 aromatic carbocycles. The Bertz CT molecular complexity index is 847. The molecule has 0 radical (unpaired) electrons. The maximum Gasteiger partial charge on any atom is 0.261 e. The lowest BCUT2D eigenvalue weighted by molar-refractivity contribution is 0.0652. The van der Waals surface area contributed by atoms with E-state index in [1.54, 1.807) is 24.3 Å². The molecule has 2 aliphatic rings. The van der Waals surface area contributed by atoms with Gasteiger partial charge in [-0.1, -0.05) is 12.1 Å². The smallest absolute Gasteiger partial charge is 0.261 e. The van der Waals surface area contributed by atoms with E-state index in [2.05, 4.69) is 15.6 Å². The number of carbonyl (C=O) groups excluding carboxylic acids is 2. The van der Waals surface area contributed by atoms with Crippen LogP contribution in [0.1, 0.15) is 46.9 Å². The summed E-state index contributed by atoms with van der Waals surface area (Å²) in [5.74, 6) is 0.482. The SMILES string of the molecule is CCNC(=NCCCCN1C(=O)c2ccccc2C1=O)NC1CCS(=O)(=O)C1. The molecule has 1 unspecified atom stereocenters. The van der Waals surface area contributed by atoms with E-state index in [1.807, 2.05) is 6.92 Å². The lowest BCUT2D eigenvalue weighted by atomic mass is 10.1. The number of nitrogens with one attached hydrogen (secondary N) is 2. The van der Waals surface area contributed by atoms with Crippen molar-refractivity contribution in [2.24, 2.45) is 4.99 Å². The largest absolute Gasteiger partial charge is 0.357 e. The first-order valence-electron chi connectivity index (χ1n) is 9.62. The molecular formula is C19H26N4O4S. The maximum atomic E-state index is 12.3. The molecule has 2 heterocycles. The number of aliphatic imine (C=N–C) groups is 1. The van der Waals surface area contributed by atoms with Crippen molar-refractivity contribution in [1.29, 1.82) is 0 Å². The highest BCUT2D eigenvalue weighted by Gasteiger charge is 2.34. The molecule has 152 valence electrons. The van der Waals surface area contributed by atoms with Gasteiger partial charge in [0.2, 0.25) is 0 Å². The molecule has 3 rings (SSSR count). The van der Waals surface area contributed by atoms with Crippen LogP contribution in [0.25, 0.3) is 0 Å². The Morgan fingerprint density at radius 1 is 1.18 bits per heavy atom. The Balaban J connectivity index is 1.46. The number of guanidine groups is 1. The minimum absolute atomic E-state index is 0.110. The number of fused-ring (bicyclic) bond motifs is 1. The molecule has 0 saturated carbocycles. The first-order valence-corrected chi connectivity index (χ1v) is 11.4. The van der Waals surface area contributed by atoms with Crippen LogP contribution in [0.5, 0.6) is 0 Å². The van der Waals surface area contributed by atoms with Crippen LogP contribution in [0.4, 0.5) is 0 Å². The molecule has 1 saturated heterocycles. The summed E-state index contributed by atoms with van der Waals surface area (Å²) in [6, 6.07) is 6.76. The van der Waals surface area contributed by atoms with Gasteiger partial charge >= 0.3 is 0 Å². The molecular weight excluding hydrogens is 380 g/mol. The van der Waals surface area contributed by atoms with E-state index in [-0.39, 0.29) is 29.4 Å². The Morgan fingerprint density at radius 2 is 1.86 bits per heavy atom. The van der Waals surface area contributed by atoms with Crippen LogP contribution in [-0.2, 0) is 9.84 Å². The van der Waals surface area contributed by atoms with Crippen molar-refractivity contribution in [2.45, 2.75) is 32.2 Å². The summed E-state index contributed by atoms with van der Waals surface area (Å²) < 4.78 is 23.2. The topological polar surface area (TPSA) is 108 Å². The van der Waals surface area contributed by atoms with Gasteiger partial charge in [0.25, 0.3) is 11.8 Å². The van der Waals surface area contributed by atoms with Gasteiger partial charge in [0.15, 0.2) is 15.8 Å². The Hall–Kier alpha value is -2.42. The number of hydrogen-bond acceptors (Lipinski definition) is 5. The number of imide groups is 1. The van der Waals surface area contributed by atoms with Gasteiger partial charge < -0.3 is 10.6 Å². The number of rotatable bonds is 7. The zero-order valence-corrected chi connectivity index (χ0v) is 16.8. The standard InChI is InChI=1S/C19H26N4O4S/c1-2-20-19(22-14-9-12-28(26,27)13-14)21-10-5-6-11-23-17(24)15-7-3-4-8-16(15)18(23)25/h3-4,7-8,14H,2,5-6,9-13H2,1H3,(H2,20,21,22). The van der Waals surface area contributed by atoms with E-state index < -0.39 is 9.84 Å². The highest BCUT2D eigenvalue weighted by molar-refractivity contribution is 7.91. The fraction of sp³-hybridized carbons (Fsp3) is 0.526. The van der Waals surface area contributed by atoms with Crippen molar-refractivity contribution in [3.8, 4) is 0 Å². The normalized spacial score (nSPS) is 21.1. The first-order chi connectivity index (χ1) is 13.4. The third kappa shape index (κ3) is 4.70. The summed E-state index contributed by atoms with van der Waals surface area (Å²) in [6.45, 7) is 3.52. The summed E-state index contributed by atoms with van der Waals surface area (Å²) in [6.07, 6.45) is 1.96. The molecule has 1 aromatic rings. The van der Waals surface area contributed by atoms with Gasteiger partial charge in [-0.25, -0.2) is 8.42 Å². The number of unbranched alkanes of at least 4 members (excludes halogenated alkanes) is 1. The van der Waals surface area contributed by atoms with Crippen molar-refractivity contribution in [3.05, 3.63) is 35.4 Å². The average Bonchev–Trinajstić information content (AvgIpc) is 3.13. The summed E-state index contributed by atoms with van der Waals surface area (Å²) in [4.78, 5) is 30.4. The second-order valence-corrected chi connectivity index (χ2v) is 9.25. The van der Waals surface area contributed by atoms with Crippen LogP contribution in [-0.4, -0.2) is 68.3 Å². The lowest BCUT2D eigenvalue weighted by Gasteiger charge is -2.16. The predicted molar refractivity (Wildman–Crippen MR) is 107 cm³/mol.